The zero-order chi connectivity index (χ0) is 26.7. The molecule has 198 valence electrons. The summed E-state index contributed by atoms with van der Waals surface area (Å²) >= 11 is 0. The summed E-state index contributed by atoms with van der Waals surface area (Å²) in [7, 11) is 0. The smallest absolute Gasteiger partial charge is 0.246 e. The van der Waals surface area contributed by atoms with E-state index in [1.54, 1.807) is 6.20 Å². The Morgan fingerprint density at radius 2 is 1.90 bits per heavy atom. The molecule has 3 aromatic heterocycles. The van der Waals surface area contributed by atoms with Crippen molar-refractivity contribution in [3.8, 4) is 23.0 Å². The number of pyridine rings is 2. The van der Waals surface area contributed by atoms with Crippen molar-refractivity contribution in [1.82, 2.24) is 19.9 Å². The first-order valence-corrected chi connectivity index (χ1v) is 13.2. The third kappa shape index (κ3) is 5.95. The average molecular weight is 523 g/mol. The molecule has 0 radical (unpaired) electrons. The summed E-state index contributed by atoms with van der Waals surface area (Å²) in [6.45, 7) is 2.63. The Morgan fingerprint density at radius 1 is 1.05 bits per heavy atom. The Hall–Kier alpha value is -4.60. The van der Waals surface area contributed by atoms with E-state index in [1.165, 1.54) is 19.1 Å². The van der Waals surface area contributed by atoms with Crippen molar-refractivity contribution in [2.45, 2.75) is 57.3 Å². The Morgan fingerprint density at radius 3 is 2.59 bits per heavy atom. The zero-order valence-electron chi connectivity index (χ0n) is 21.7. The van der Waals surface area contributed by atoms with Crippen LogP contribution in [0.4, 0.5) is 11.6 Å². The number of hydrogen-bond acceptors (Lipinski definition) is 8. The maximum atomic E-state index is 6.33. The molecule has 0 amide bonds. The number of nitrogens with two attached hydrogens (primary N) is 1. The predicted molar refractivity (Wildman–Crippen MR) is 152 cm³/mol. The van der Waals surface area contributed by atoms with E-state index < -0.39 is 0 Å². The molecule has 0 spiro atoms. The summed E-state index contributed by atoms with van der Waals surface area (Å²) in [6.07, 6.45) is 10.1. The van der Waals surface area contributed by atoms with Gasteiger partial charge in [-0.1, -0.05) is 12.1 Å². The molecule has 2 aliphatic rings. The summed E-state index contributed by atoms with van der Waals surface area (Å²) in [5.74, 6) is 1.61. The Kier molecular flexibility index (Phi) is 6.75. The lowest BCUT2D eigenvalue weighted by Gasteiger charge is -2.25. The molecule has 0 aliphatic heterocycles. The van der Waals surface area contributed by atoms with Crippen molar-refractivity contribution in [3.05, 3.63) is 60.3 Å². The van der Waals surface area contributed by atoms with Gasteiger partial charge in [-0.15, -0.1) is 0 Å². The highest BCUT2D eigenvalue weighted by Gasteiger charge is 2.41. The van der Waals surface area contributed by atoms with Crippen LogP contribution < -0.4 is 20.5 Å². The third-order valence-electron chi connectivity index (χ3n) is 6.93. The van der Waals surface area contributed by atoms with Crippen molar-refractivity contribution in [2.24, 2.45) is 15.7 Å². The minimum atomic E-state index is -0.220. The van der Waals surface area contributed by atoms with Gasteiger partial charge in [0.25, 0.3) is 0 Å². The predicted octanol–water partition coefficient (Wildman–Crippen LogP) is 5.21. The summed E-state index contributed by atoms with van der Waals surface area (Å²) < 4.78 is 12.2. The summed E-state index contributed by atoms with van der Waals surface area (Å²) in [5.41, 5.74) is 9.86. The summed E-state index contributed by atoms with van der Waals surface area (Å²) in [6, 6.07) is 15.6. The summed E-state index contributed by atoms with van der Waals surface area (Å²) in [4.78, 5) is 26.8. The molecule has 2 saturated carbocycles. The van der Waals surface area contributed by atoms with E-state index in [0.29, 0.717) is 41.4 Å². The maximum Gasteiger partial charge on any atom is 0.246 e. The number of fused-ring (bicyclic) bond motifs is 1. The highest BCUT2D eigenvalue weighted by Crippen LogP contribution is 2.41. The topological polar surface area (TPSA) is 133 Å². The number of aliphatic imine (C=N–C) groups is 2. The lowest BCUT2D eigenvalue weighted by molar-refractivity contribution is 0.114. The van der Waals surface area contributed by atoms with Gasteiger partial charge >= 0.3 is 0 Å². The Labute approximate surface area is 226 Å². The van der Waals surface area contributed by atoms with E-state index in [4.69, 9.17) is 30.2 Å². The quantitative estimate of drug-likeness (QED) is 0.214. The molecule has 4 aromatic rings. The highest BCUT2D eigenvalue weighted by molar-refractivity contribution is 5.83. The largest absolute Gasteiger partial charge is 0.474 e. The minimum absolute atomic E-state index is 0.220. The number of anilines is 1. The maximum absolute atomic E-state index is 6.33. The van der Waals surface area contributed by atoms with Crippen molar-refractivity contribution in [1.29, 1.82) is 0 Å². The van der Waals surface area contributed by atoms with Crippen LogP contribution in [0.1, 0.15) is 44.6 Å². The van der Waals surface area contributed by atoms with Gasteiger partial charge in [-0.05, 0) is 74.9 Å². The molecule has 3 heterocycles. The van der Waals surface area contributed by atoms with Crippen molar-refractivity contribution >= 4 is 35.3 Å². The monoisotopic (exact) mass is 522 g/mol. The molecule has 1 aromatic carbocycles. The number of rotatable bonds is 10. The SMILES string of the molecule is CC1(Oc2nc(NCc3ccc(N=CN=CN)cc3)nc3ccc(-c4ccc(OC5CCC5)nc4)nc23)CC1. The second-order valence-corrected chi connectivity index (χ2v) is 10.1. The van der Waals surface area contributed by atoms with Crippen LogP contribution in [0.15, 0.2) is 64.7 Å². The van der Waals surface area contributed by atoms with E-state index in [-0.39, 0.29) is 5.60 Å². The third-order valence-corrected chi connectivity index (χ3v) is 6.93. The minimum Gasteiger partial charge on any atom is -0.474 e. The molecule has 39 heavy (non-hydrogen) atoms. The van der Waals surface area contributed by atoms with Gasteiger partial charge in [0.05, 0.1) is 23.2 Å². The van der Waals surface area contributed by atoms with Gasteiger partial charge in [0.2, 0.25) is 17.7 Å². The number of hydrogen-bond donors (Lipinski definition) is 2. The van der Waals surface area contributed by atoms with Crippen LogP contribution in [0.2, 0.25) is 0 Å². The van der Waals surface area contributed by atoms with Crippen LogP contribution in [0.3, 0.4) is 0 Å². The number of nitrogens with one attached hydrogen (secondary N) is 1. The van der Waals surface area contributed by atoms with E-state index in [0.717, 1.165) is 48.2 Å². The van der Waals surface area contributed by atoms with E-state index in [1.807, 2.05) is 48.5 Å². The molecule has 6 rings (SSSR count). The molecule has 10 nitrogen and oxygen atoms in total. The number of benzene rings is 1. The first kappa shape index (κ1) is 24.7. The molecule has 0 saturated heterocycles. The highest BCUT2D eigenvalue weighted by atomic mass is 16.5. The second-order valence-electron chi connectivity index (χ2n) is 10.1. The Bertz CT molecular complexity index is 1510. The summed E-state index contributed by atoms with van der Waals surface area (Å²) in [5, 5.41) is 3.32. The van der Waals surface area contributed by atoms with Gasteiger partial charge < -0.3 is 20.5 Å². The molecule has 3 N–H and O–H groups in total. The first-order chi connectivity index (χ1) is 19.1. The van der Waals surface area contributed by atoms with Crippen molar-refractivity contribution in [3.63, 3.8) is 0 Å². The average Bonchev–Trinajstić information content (AvgIpc) is 3.67. The van der Waals surface area contributed by atoms with Gasteiger partial charge in [0.15, 0.2) is 5.52 Å². The standard InChI is InChI=1S/C29H30N8O2/c1-29(13-14-29)39-27-26-24(11-10-23(35-26)20-7-12-25(32-16-20)38-22-3-2-4-22)36-28(37-27)33-15-19-5-8-21(9-6-19)34-18-31-17-30/h5-12,16-18,22H,2-4,13-15H2,1H3,(H2,30,31,34)(H,33,36,37). The van der Waals surface area contributed by atoms with Crippen molar-refractivity contribution in [2.75, 3.05) is 5.32 Å². The van der Waals surface area contributed by atoms with Crippen LogP contribution in [0.5, 0.6) is 11.8 Å². The number of nitrogens with zero attached hydrogens (tertiary/aromatic N) is 6. The molecule has 2 aliphatic carbocycles. The van der Waals surface area contributed by atoms with Crippen molar-refractivity contribution < 1.29 is 9.47 Å². The number of aromatic nitrogens is 4. The van der Waals surface area contributed by atoms with Crippen LogP contribution in [0, 0.1) is 0 Å². The molecule has 0 bridgehead atoms. The van der Waals surface area contributed by atoms with Gasteiger partial charge in [0, 0.05) is 24.4 Å². The molecular formula is C29H30N8O2. The first-order valence-electron chi connectivity index (χ1n) is 13.2. The molecule has 10 heteroatoms. The Balaban J connectivity index is 1.22. The second kappa shape index (κ2) is 10.6. The zero-order valence-corrected chi connectivity index (χ0v) is 21.7. The van der Waals surface area contributed by atoms with Crippen LogP contribution in [0.25, 0.3) is 22.3 Å². The lowest BCUT2D eigenvalue weighted by Crippen LogP contribution is -2.24. The van der Waals surface area contributed by atoms with Gasteiger partial charge in [-0.3, -0.25) is 0 Å². The normalized spacial score (nSPS) is 16.4. The molecule has 2 fully saturated rings. The van der Waals surface area contributed by atoms with Crippen LogP contribution >= 0.6 is 0 Å². The van der Waals surface area contributed by atoms with E-state index in [9.17, 15) is 0 Å². The van der Waals surface area contributed by atoms with E-state index in [2.05, 4.69) is 27.2 Å². The lowest BCUT2D eigenvalue weighted by atomic mass is 9.96. The van der Waals surface area contributed by atoms with E-state index >= 15 is 0 Å². The fraction of sp³-hybridized carbons (Fsp3) is 0.310. The fourth-order valence-electron chi connectivity index (χ4n) is 4.09. The molecule has 0 unspecified atom stereocenters. The van der Waals surface area contributed by atoms with Gasteiger partial charge in [0.1, 0.15) is 18.0 Å². The fourth-order valence-corrected chi connectivity index (χ4v) is 4.09. The molecular weight excluding hydrogens is 492 g/mol. The molecule has 0 atom stereocenters. The van der Waals surface area contributed by atoms with Crippen LogP contribution in [-0.2, 0) is 6.54 Å². The van der Waals surface area contributed by atoms with Gasteiger partial charge in [-0.2, -0.15) is 4.98 Å². The number of ether oxygens (including phenoxy) is 2. The van der Waals surface area contributed by atoms with Crippen LogP contribution in [-0.4, -0.2) is 44.3 Å². The van der Waals surface area contributed by atoms with Gasteiger partial charge in [-0.25, -0.2) is 24.9 Å².